The van der Waals surface area contributed by atoms with Gasteiger partial charge >= 0.3 is 6.18 Å². The van der Waals surface area contributed by atoms with Crippen molar-refractivity contribution in [3.63, 3.8) is 0 Å². The number of benzene rings is 2. The van der Waals surface area contributed by atoms with E-state index in [1.165, 1.54) is 13.1 Å². The molecule has 38 heavy (non-hydrogen) atoms. The number of hydrogen-bond donors (Lipinski definition) is 1. The molecule has 0 radical (unpaired) electrons. The van der Waals surface area contributed by atoms with Crippen LogP contribution in [0.2, 0.25) is 0 Å². The molecule has 3 heterocycles. The molecular weight excluding hydrogens is 499 g/mol. The normalized spacial score (nSPS) is 16.5. The summed E-state index contributed by atoms with van der Waals surface area (Å²) in [6.45, 7) is 4.96. The number of amides is 1. The number of fused-ring (bicyclic) bond motifs is 1. The van der Waals surface area contributed by atoms with Gasteiger partial charge in [-0.15, -0.1) is 0 Å². The molecule has 4 aromatic rings. The van der Waals surface area contributed by atoms with E-state index in [1.807, 2.05) is 44.2 Å². The van der Waals surface area contributed by atoms with E-state index in [0.717, 1.165) is 17.9 Å². The predicted octanol–water partition coefficient (Wildman–Crippen LogP) is 5.60. The molecule has 7 nitrogen and oxygen atoms in total. The highest BCUT2D eigenvalue weighted by molar-refractivity contribution is 5.99. The van der Waals surface area contributed by atoms with E-state index >= 15 is 0 Å². The summed E-state index contributed by atoms with van der Waals surface area (Å²) in [5.74, 6) is 0.0904. The van der Waals surface area contributed by atoms with Crippen molar-refractivity contribution in [1.29, 1.82) is 0 Å². The van der Waals surface area contributed by atoms with E-state index in [0.29, 0.717) is 35.7 Å². The topological polar surface area (TPSA) is 74.1 Å². The largest absolute Gasteiger partial charge is 0.491 e. The summed E-state index contributed by atoms with van der Waals surface area (Å²) in [7, 11) is 1.50. The molecule has 0 spiro atoms. The van der Waals surface area contributed by atoms with Crippen molar-refractivity contribution < 1.29 is 32.2 Å². The lowest BCUT2D eigenvalue weighted by atomic mass is 10.1. The third kappa shape index (κ3) is 6.70. The van der Waals surface area contributed by atoms with Crippen LogP contribution in [0, 0.1) is 0 Å². The van der Waals surface area contributed by atoms with Crippen LogP contribution in [-0.4, -0.2) is 47.4 Å². The fourth-order valence-electron chi connectivity index (χ4n) is 3.87. The lowest BCUT2D eigenvalue weighted by molar-refractivity contribution is -0.141. The van der Waals surface area contributed by atoms with Crippen molar-refractivity contribution >= 4 is 11.6 Å². The van der Waals surface area contributed by atoms with Gasteiger partial charge in [-0.05, 0) is 50.2 Å². The van der Waals surface area contributed by atoms with Gasteiger partial charge in [-0.25, -0.2) is 4.98 Å². The quantitative estimate of drug-likeness (QED) is 0.366. The monoisotopic (exact) mass is 527 g/mol. The zero-order valence-electron chi connectivity index (χ0n) is 21.2. The number of carbonyl (C=O) groups is 1. The Kier molecular flexibility index (Phi) is 8.03. The van der Waals surface area contributed by atoms with Crippen LogP contribution < -0.4 is 10.1 Å². The predicted molar refractivity (Wildman–Crippen MR) is 136 cm³/mol. The molecule has 200 valence electrons. The molecule has 2 aromatic carbocycles. The van der Waals surface area contributed by atoms with Gasteiger partial charge in [0.15, 0.2) is 5.79 Å². The highest BCUT2D eigenvalue weighted by Crippen LogP contribution is 2.32. The Hall–Kier alpha value is -3.89. The average Bonchev–Trinajstić information content (AvgIpc) is 3.50. The number of ether oxygens (including phenoxy) is 3. The van der Waals surface area contributed by atoms with Gasteiger partial charge in [-0.3, -0.25) is 4.79 Å². The number of rotatable bonds is 5. The molecule has 1 atom stereocenters. The smallest absolute Gasteiger partial charge is 0.416 e. The molecule has 2 aromatic heterocycles. The first-order valence-electron chi connectivity index (χ1n) is 11.9. The first-order chi connectivity index (χ1) is 18.1. The summed E-state index contributed by atoms with van der Waals surface area (Å²) in [6, 6.07) is 17.9. The lowest BCUT2D eigenvalue weighted by Gasteiger charge is -2.17. The van der Waals surface area contributed by atoms with E-state index in [9.17, 15) is 18.0 Å². The molecule has 1 fully saturated rings. The van der Waals surface area contributed by atoms with Crippen LogP contribution in [0.3, 0.4) is 0 Å². The molecule has 1 saturated heterocycles. The first kappa shape index (κ1) is 27.2. The lowest BCUT2D eigenvalue weighted by Crippen LogP contribution is -2.25. The van der Waals surface area contributed by atoms with Crippen LogP contribution in [-0.2, 0) is 15.7 Å². The molecule has 1 amide bonds. The summed E-state index contributed by atoms with van der Waals surface area (Å²) < 4.78 is 56.7. The Morgan fingerprint density at radius 2 is 1.89 bits per heavy atom. The molecule has 0 bridgehead atoms. The van der Waals surface area contributed by atoms with E-state index in [4.69, 9.17) is 14.2 Å². The van der Waals surface area contributed by atoms with Gasteiger partial charge in [0.1, 0.15) is 24.1 Å². The van der Waals surface area contributed by atoms with Crippen molar-refractivity contribution in [2.24, 2.45) is 0 Å². The minimum absolute atomic E-state index is 0.0280. The van der Waals surface area contributed by atoms with E-state index in [-0.39, 0.29) is 12.0 Å². The van der Waals surface area contributed by atoms with Crippen LogP contribution in [0.1, 0.15) is 29.8 Å². The van der Waals surface area contributed by atoms with E-state index in [1.54, 1.807) is 35.0 Å². The second kappa shape index (κ2) is 11.2. The number of para-hydroxylation sites is 1. The molecule has 5 rings (SSSR count). The zero-order chi connectivity index (χ0) is 27.3. The van der Waals surface area contributed by atoms with Crippen molar-refractivity contribution in [3.8, 4) is 17.0 Å². The van der Waals surface area contributed by atoms with Gasteiger partial charge in [-0.2, -0.15) is 13.2 Å². The maximum absolute atomic E-state index is 12.8. The number of nitrogens with one attached hydrogen (secondary N) is 1. The van der Waals surface area contributed by atoms with Gasteiger partial charge in [0.25, 0.3) is 5.91 Å². The first-order valence-corrected chi connectivity index (χ1v) is 11.9. The van der Waals surface area contributed by atoms with Gasteiger partial charge in [0.05, 0.1) is 23.4 Å². The Labute approximate surface area is 218 Å². The van der Waals surface area contributed by atoms with Crippen molar-refractivity contribution in [2.75, 3.05) is 20.3 Å². The number of aromatic nitrogens is 2. The van der Waals surface area contributed by atoms with Crippen molar-refractivity contribution in [1.82, 2.24) is 14.7 Å². The summed E-state index contributed by atoms with van der Waals surface area (Å²) >= 11 is 0. The average molecular weight is 528 g/mol. The molecule has 0 aliphatic carbocycles. The van der Waals surface area contributed by atoms with Crippen LogP contribution in [0.15, 0.2) is 79.1 Å². The third-order valence-electron chi connectivity index (χ3n) is 5.69. The van der Waals surface area contributed by atoms with E-state index < -0.39 is 17.5 Å². The van der Waals surface area contributed by atoms with E-state index in [2.05, 4.69) is 10.3 Å². The number of pyridine rings is 1. The molecule has 1 aliphatic heterocycles. The maximum atomic E-state index is 12.8. The number of alkyl halides is 3. The second-order valence-corrected chi connectivity index (χ2v) is 9.01. The number of halogens is 3. The standard InChI is InChI=1S/C16H12F3N3O.C12H16O3/c1-20-15(23)12-6-3-7-22-9-13(21-14(12)22)10-4-2-5-11(8-10)16(17,18)19;1-12(2)14-9-11(15-12)8-13-10-6-4-3-5-7-10/h2-9H,1H3,(H,20,23);3-7,11H,8-9H2,1-2H3. The van der Waals surface area contributed by atoms with Crippen LogP contribution in [0.5, 0.6) is 5.75 Å². The summed E-state index contributed by atoms with van der Waals surface area (Å²) in [5, 5.41) is 2.51. The summed E-state index contributed by atoms with van der Waals surface area (Å²) in [6.07, 6.45) is -1.11. The van der Waals surface area contributed by atoms with Gasteiger partial charge in [0.2, 0.25) is 0 Å². The number of nitrogens with zero attached hydrogens (tertiary/aromatic N) is 2. The summed E-state index contributed by atoms with van der Waals surface area (Å²) in [5.41, 5.74) is 0.713. The Morgan fingerprint density at radius 3 is 2.55 bits per heavy atom. The van der Waals surface area contributed by atoms with Crippen LogP contribution in [0.4, 0.5) is 13.2 Å². The molecule has 0 saturated carbocycles. The minimum atomic E-state index is -4.41. The molecule has 1 unspecified atom stereocenters. The SMILES string of the molecule is CC1(C)OCC(COc2ccccc2)O1.CNC(=O)c1cccn2cc(-c3cccc(C(F)(F)F)c3)nc12. The highest BCUT2D eigenvalue weighted by atomic mass is 19.4. The fraction of sp³-hybridized carbons (Fsp3) is 0.286. The Balaban J connectivity index is 0.000000194. The Morgan fingerprint density at radius 1 is 1.13 bits per heavy atom. The summed E-state index contributed by atoms with van der Waals surface area (Å²) in [4.78, 5) is 16.2. The van der Waals surface area contributed by atoms with Gasteiger partial charge < -0.3 is 23.9 Å². The maximum Gasteiger partial charge on any atom is 0.416 e. The van der Waals surface area contributed by atoms with Gasteiger partial charge in [-0.1, -0.05) is 30.3 Å². The highest BCUT2D eigenvalue weighted by Gasteiger charge is 2.33. The van der Waals surface area contributed by atoms with Crippen LogP contribution in [0.25, 0.3) is 16.9 Å². The van der Waals surface area contributed by atoms with Crippen LogP contribution >= 0.6 is 0 Å². The molecular formula is C28H28F3N3O4. The number of imidazole rings is 1. The number of hydrogen-bond acceptors (Lipinski definition) is 5. The molecule has 1 aliphatic rings. The van der Waals surface area contributed by atoms with Crippen molar-refractivity contribution in [2.45, 2.75) is 31.9 Å². The number of carbonyl (C=O) groups excluding carboxylic acids is 1. The molecule has 10 heteroatoms. The second-order valence-electron chi connectivity index (χ2n) is 9.01. The fourth-order valence-corrected chi connectivity index (χ4v) is 3.87. The Bertz CT molecular complexity index is 1390. The van der Waals surface area contributed by atoms with Crippen molar-refractivity contribution in [3.05, 3.63) is 90.3 Å². The molecule has 1 N–H and O–H groups in total. The minimum Gasteiger partial charge on any atom is -0.491 e. The van der Waals surface area contributed by atoms with Gasteiger partial charge in [0, 0.05) is 25.0 Å². The third-order valence-corrected chi connectivity index (χ3v) is 5.69. The zero-order valence-corrected chi connectivity index (χ0v) is 21.2.